The number of aromatic nitrogens is 2. The molecular weight excluding hydrogens is 352 g/mol. The number of halogens is 1. The van der Waals surface area contributed by atoms with E-state index in [0.29, 0.717) is 10.1 Å². The zero-order valence-electron chi connectivity index (χ0n) is 14.1. The molecule has 0 spiro atoms. The van der Waals surface area contributed by atoms with Crippen molar-refractivity contribution in [2.75, 3.05) is 10.6 Å². The van der Waals surface area contributed by atoms with Crippen molar-refractivity contribution in [2.45, 2.75) is 20.4 Å². The monoisotopic (exact) mass is 370 g/mol. The molecule has 1 aromatic heterocycles. The first-order valence-corrected chi connectivity index (χ1v) is 8.71. The summed E-state index contributed by atoms with van der Waals surface area (Å²) in [5.41, 5.74) is 5.21. The van der Waals surface area contributed by atoms with Crippen LogP contribution in [0.15, 0.2) is 54.9 Å². The second kappa shape index (κ2) is 7.68. The molecule has 0 radical (unpaired) electrons. The number of rotatable bonds is 4. The molecule has 0 aliphatic heterocycles. The van der Waals surface area contributed by atoms with Crippen LogP contribution in [0.5, 0.6) is 0 Å². The average molecular weight is 371 g/mol. The quantitative estimate of drug-likeness (QED) is 0.633. The number of aryl methyl sites for hydroxylation is 2. The van der Waals surface area contributed by atoms with Gasteiger partial charge in [-0.1, -0.05) is 41.9 Å². The van der Waals surface area contributed by atoms with E-state index in [1.54, 1.807) is 6.20 Å². The van der Waals surface area contributed by atoms with Gasteiger partial charge in [0.05, 0.1) is 18.4 Å². The third-order valence-corrected chi connectivity index (χ3v) is 4.53. The average Bonchev–Trinajstić information content (AvgIpc) is 3.00. The fourth-order valence-corrected chi connectivity index (χ4v) is 2.86. The van der Waals surface area contributed by atoms with Crippen LogP contribution in [0, 0.1) is 13.8 Å². The van der Waals surface area contributed by atoms with E-state index in [9.17, 15) is 0 Å². The van der Waals surface area contributed by atoms with Crippen LogP contribution in [0.25, 0.3) is 0 Å². The van der Waals surface area contributed by atoms with E-state index >= 15 is 0 Å². The fraction of sp³-hybridized carbons (Fsp3) is 0.158. The molecule has 128 valence electrons. The summed E-state index contributed by atoms with van der Waals surface area (Å²) >= 11 is 11.5. The normalized spacial score (nSPS) is 10.5. The lowest BCUT2D eigenvalue weighted by Gasteiger charge is -2.10. The first-order valence-electron chi connectivity index (χ1n) is 7.92. The van der Waals surface area contributed by atoms with Gasteiger partial charge in [0.15, 0.2) is 5.11 Å². The topological polar surface area (TPSA) is 41.9 Å². The number of thiocarbonyl (C=S) groups is 1. The van der Waals surface area contributed by atoms with E-state index in [0.717, 1.165) is 23.5 Å². The number of nitrogens with zero attached hydrogens (tertiary/aromatic N) is 2. The minimum absolute atomic E-state index is 0.496. The minimum Gasteiger partial charge on any atom is -0.332 e. The number of anilines is 2. The van der Waals surface area contributed by atoms with Crippen molar-refractivity contribution in [3.8, 4) is 0 Å². The number of hydrogen-bond donors (Lipinski definition) is 2. The molecule has 2 aromatic carbocycles. The van der Waals surface area contributed by atoms with Crippen molar-refractivity contribution in [2.24, 2.45) is 0 Å². The second-order valence-corrected chi connectivity index (χ2v) is 6.71. The van der Waals surface area contributed by atoms with Crippen LogP contribution in [0.3, 0.4) is 0 Å². The largest absolute Gasteiger partial charge is 0.332 e. The Balaban J connectivity index is 1.61. The molecule has 0 saturated heterocycles. The molecule has 2 N–H and O–H groups in total. The predicted octanol–water partition coefficient (Wildman–Crippen LogP) is 5.01. The lowest BCUT2D eigenvalue weighted by atomic mass is 10.1. The Morgan fingerprint density at radius 2 is 1.84 bits per heavy atom. The van der Waals surface area contributed by atoms with Gasteiger partial charge in [-0.25, -0.2) is 0 Å². The molecular formula is C19H19ClN4S. The van der Waals surface area contributed by atoms with Crippen LogP contribution >= 0.6 is 23.8 Å². The molecule has 6 heteroatoms. The smallest absolute Gasteiger partial charge is 0.175 e. The minimum atomic E-state index is 0.496. The summed E-state index contributed by atoms with van der Waals surface area (Å²) in [6, 6.07) is 14.0. The van der Waals surface area contributed by atoms with Crippen LogP contribution in [0.1, 0.15) is 16.7 Å². The zero-order valence-corrected chi connectivity index (χ0v) is 15.7. The third kappa shape index (κ3) is 4.59. The molecule has 0 aliphatic rings. The third-order valence-electron chi connectivity index (χ3n) is 3.91. The van der Waals surface area contributed by atoms with E-state index in [1.807, 2.05) is 48.1 Å². The maximum atomic E-state index is 6.13. The van der Waals surface area contributed by atoms with Crippen molar-refractivity contribution >= 4 is 40.3 Å². The Bertz CT molecular complexity index is 904. The van der Waals surface area contributed by atoms with Crippen LogP contribution in [0.2, 0.25) is 5.02 Å². The van der Waals surface area contributed by atoms with Crippen molar-refractivity contribution in [3.05, 3.63) is 76.6 Å². The summed E-state index contributed by atoms with van der Waals surface area (Å²) < 4.78 is 1.88. The molecule has 3 aromatic rings. The maximum Gasteiger partial charge on any atom is 0.175 e. The Hall–Kier alpha value is -2.37. The van der Waals surface area contributed by atoms with E-state index in [2.05, 4.69) is 34.8 Å². The molecule has 0 bridgehead atoms. The zero-order chi connectivity index (χ0) is 17.8. The summed E-state index contributed by atoms with van der Waals surface area (Å²) in [7, 11) is 0. The van der Waals surface area contributed by atoms with Gasteiger partial charge in [0, 0.05) is 16.9 Å². The number of benzene rings is 2. The van der Waals surface area contributed by atoms with Gasteiger partial charge in [-0.2, -0.15) is 5.10 Å². The highest BCUT2D eigenvalue weighted by Crippen LogP contribution is 2.20. The Labute approximate surface area is 157 Å². The van der Waals surface area contributed by atoms with Gasteiger partial charge in [0.25, 0.3) is 0 Å². The van der Waals surface area contributed by atoms with Gasteiger partial charge >= 0.3 is 0 Å². The molecule has 0 fully saturated rings. The summed E-state index contributed by atoms with van der Waals surface area (Å²) in [6.45, 7) is 4.79. The van der Waals surface area contributed by atoms with Crippen LogP contribution in [0.4, 0.5) is 11.4 Å². The molecule has 0 saturated carbocycles. The van der Waals surface area contributed by atoms with E-state index in [-0.39, 0.29) is 0 Å². The molecule has 0 unspecified atom stereocenters. The second-order valence-electron chi connectivity index (χ2n) is 5.90. The molecule has 25 heavy (non-hydrogen) atoms. The standard InChI is InChI=1S/C19H19ClN4S/c1-13-5-3-4-6-15(13)11-24-12-17(10-21-24)23-19(25)22-16-8-7-14(2)18(20)9-16/h3-10,12H,11H2,1-2H3,(H2,22,23,25). The van der Waals surface area contributed by atoms with Gasteiger partial charge in [0.2, 0.25) is 0 Å². The highest BCUT2D eigenvalue weighted by atomic mass is 35.5. The summed E-state index contributed by atoms with van der Waals surface area (Å²) in [6.07, 6.45) is 3.69. The van der Waals surface area contributed by atoms with Gasteiger partial charge in [-0.3, -0.25) is 4.68 Å². The van der Waals surface area contributed by atoms with E-state index in [1.165, 1.54) is 11.1 Å². The fourth-order valence-electron chi connectivity index (χ4n) is 2.44. The van der Waals surface area contributed by atoms with E-state index in [4.69, 9.17) is 23.8 Å². The van der Waals surface area contributed by atoms with Crippen LogP contribution < -0.4 is 10.6 Å². The van der Waals surface area contributed by atoms with Gasteiger partial charge in [-0.05, 0) is 54.9 Å². The molecule has 0 amide bonds. The van der Waals surface area contributed by atoms with Gasteiger partial charge < -0.3 is 10.6 Å². The first-order chi connectivity index (χ1) is 12.0. The van der Waals surface area contributed by atoms with Crippen molar-refractivity contribution in [1.29, 1.82) is 0 Å². The lowest BCUT2D eigenvalue weighted by molar-refractivity contribution is 0.684. The SMILES string of the molecule is Cc1ccc(NC(=S)Nc2cnn(Cc3ccccc3C)c2)cc1Cl. The maximum absolute atomic E-state index is 6.13. The highest BCUT2D eigenvalue weighted by Gasteiger charge is 2.05. The molecule has 4 nitrogen and oxygen atoms in total. The van der Waals surface area contributed by atoms with Crippen molar-refractivity contribution in [3.63, 3.8) is 0 Å². The lowest BCUT2D eigenvalue weighted by Crippen LogP contribution is -2.18. The van der Waals surface area contributed by atoms with Crippen molar-refractivity contribution < 1.29 is 0 Å². The molecule has 0 atom stereocenters. The summed E-state index contributed by atoms with van der Waals surface area (Å²) in [5, 5.41) is 11.9. The molecule has 0 aliphatic carbocycles. The van der Waals surface area contributed by atoms with Crippen LogP contribution in [-0.2, 0) is 6.54 Å². The van der Waals surface area contributed by atoms with Gasteiger partial charge in [0.1, 0.15) is 0 Å². The first kappa shape index (κ1) is 17.5. The number of nitrogens with one attached hydrogen (secondary N) is 2. The summed E-state index contributed by atoms with van der Waals surface area (Å²) in [4.78, 5) is 0. The number of hydrogen-bond acceptors (Lipinski definition) is 2. The van der Waals surface area contributed by atoms with Gasteiger partial charge in [-0.15, -0.1) is 0 Å². The van der Waals surface area contributed by atoms with E-state index < -0.39 is 0 Å². The van der Waals surface area contributed by atoms with Crippen molar-refractivity contribution in [1.82, 2.24) is 9.78 Å². The molecule has 1 heterocycles. The highest BCUT2D eigenvalue weighted by molar-refractivity contribution is 7.80. The molecule has 3 rings (SSSR count). The summed E-state index contributed by atoms with van der Waals surface area (Å²) in [5.74, 6) is 0. The Morgan fingerprint density at radius 3 is 2.60 bits per heavy atom. The Morgan fingerprint density at radius 1 is 1.08 bits per heavy atom. The van der Waals surface area contributed by atoms with Crippen LogP contribution in [-0.4, -0.2) is 14.9 Å². The predicted molar refractivity (Wildman–Crippen MR) is 109 cm³/mol. The Kier molecular flexibility index (Phi) is 5.36.